The van der Waals surface area contributed by atoms with Gasteiger partial charge >= 0.3 is 0 Å². The van der Waals surface area contributed by atoms with Gasteiger partial charge in [-0.05, 0) is 36.4 Å². The predicted octanol–water partition coefficient (Wildman–Crippen LogP) is 2.86. The summed E-state index contributed by atoms with van der Waals surface area (Å²) in [6, 6.07) is 16.4. The third-order valence-corrected chi connectivity index (χ3v) is 5.15. The van der Waals surface area contributed by atoms with Gasteiger partial charge < -0.3 is 4.57 Å². The molecule has 0 aliphatic carbocycles. The summed E-state index contributed by atoms with van der Waals surface area (Å²) in [6.45, 7) is 0. The number of nitrogens with zero attached hydrogens (tertiary/aromatic N) is 4. The number of para-hydroxylation sites is 1. The van der Waals surface area contributed by atoms with Crippen LogP contribution in [0, 0.1) is 0 Å². The largest absolute Gasteiger partial charge is 0.306 e. The molecule has 0 aliphatic heterocycles. The Kier molecular flexibility index (Phi) is 4.02. The van der Waals surface area contributed by atoms with Crippen molar-refractivity contribution < 1.29 is 8.42 Å². The molecular weight excluding hydrogens is 350 g/mol. The zero-order valence-electron chi connectivity index (χ0n) is 13.6. The van der Waals surface area contributed by atoms with Crippen molar-refractivity contribution in [2.45, 2.75) is 4.90 Å². The van der Waals surface area contributed by atoms with Crippen molar-refractivity contribution in [2.75, 3.05) is 4.72 Å². The SMILES string of the molecule is O=S(=O)(Nc1ccc(-n2ccnc2)cc1)c1cnn(-c2ccccc2)c1. The molecule has 0 unspecified atom stereocenters. The van der Waals surface area contributed by atoms with Crippen LogP contribution in [0.1, 0.15) is 0 Å². The highest BCUT2D eigenvalue weighted by atomic mass is 32.2. The molecule has 0 amide bonds. The first kappa shape index (κ1) is 16.1. The van der Waals surface area contributed by atoms with Gasteiger partial charge in [0.1, 0.15) is 4.90 Å². The van der Waals surface area contributed by atoms with E-state index in [2.05, 4.69) is 14.8 Å². The Labute approximate surface area is 150 Å². The van der Waals surface area contributed by atoms with Crippen molar-refractivity contribution in [1.82, 2.24) is 19.3 Å². The minimum absolute atomic E-state index is 0.0973. The van der Waals surface area contributed by atoms with Crippen LogP contribution in [-0.2, 0) is 10.0 Å². The third-order valence-electron chi connectivity index (χ3n) is 3.81. The van der Waals surface area contributed by atoms with Gasteiger partial charge in [0.25, 0.3) is 10.0 Å². The number of hydrogen-bond donors (Lipinski definition) is 1. The van der Waals surface area contributed by atoms with Crippen molar-refractivity contribution in [3.63, 3.8) is 0 Å². The Morgan fingerprint density at radius 3 is 2.38 bits per heavy atom. The fourth-order valence-electron chi connectivity index (χ4n) is 2.49. The molecule has 0 fully saturated rings. The van der Waals surface area contributed by atoms with E-state index in [0.717, 1.165) is 11.4 Å². The van der Waals surface area contributed by atoms with Gasteiger partial charge in [-0.15, -0.1) is 0 Å². The van der Waals surface area contributed by atoms with Gasteiger partial charge in [0.2, 0.25) is 0 Å². The first-order chi connectivity index (χ1) is 12.6. The maximum atomic E-state index is 12.6. The number of nitrogens with one attached hydrogen (secondary N) is 1. The summed E-state index contributed by atoms with van der Waals surface area (Å²) in [5.41, 5.74) is 2.15. The van der Waals surface area contributed by atoms with E-state index < -0.39 is 10.0 Å². The van der Waals surface area contributed by atoms with Crippen molar-refractivity contribution in [2.24, 2.45) is 0 Å². The first-order valence-electron chi connectivity index (χ1n) is 7.83. The normalized spacial score (nSPS) is 11.4. The molecule has 0 radical (unpaired) electrons. The molecular formula is C18H15N5O2S. The van der Waals surface area contributed by atoms with Crippen molar-refractivity contribution in [3.8, 4) is 11.4 Å². The molecule has 2 heterocycles. The third kappa shape index (κ3) is 3.22. The Balaban J connectivity index is 1.55. The number of aromatic nitrogens is 4. The Morgan fingerprint density at radius 1 is 0.923 bits per heavy atom. The van der Waals surface area contributed by atoms with Gasteiger partial charge in [-0.2, -0.15) is 5.10 Å². The standard InChI is InChI=1S/C18H15N5O2S/c24-26(25,18-12-20-23(13-18)17-4-2-1-3-5-17)21-15-6-8-16(9-7-15)22-11-10-19-14-22/h1-14,21H. The lowest BCUT2D eigenvalue weighted by Crippen LogP contribution is -2.12. The summed E-state index contributed by atoms with van der Waals surface area (Å²) < 4.78 is 31.1. The molecule has 2 aromatic heterocycles. The van der Waals surface area contributed by atoms with Gasteiger partial charge in [0, 0.05) is 23.8 Å². The van der Waals surface area contributed by atoms with Crippen LogP contribution in [0.5, 0.6) is 0 Å². The van der Waals surface area contributed by atoms with E-state index >= 15 is 0 Å². The molecule has 7 nitrogen and oxygen atoms in total. The minimum Gasteiger partial charge on any atom is -0.306 e. The predicted molar refractivity (Wildman–Crippen MR) is 97.9 cm³/mol. The van der Waals surface area contributed by atoms with Crippen LogP contribution in [0.4, 0.5) is 5.69 Å². The molecule has 0 aliphatic rings. The Hall–Kier alpha value is -3.39. The van der Waals surface area contributed by atoms with Gasteiger partial charge in [-0.1, -0.05) is 18.2 Å². The van der Waals surface area contributed by atoms with Crippen LogP contribution >= 0.6 is 0 Å². The second-order valence-corrected chi connectivity index (χ2v) is 7.26. The molecule has 2 aromatic carbocycles. The molecule has 4 rings (SSSR count). The fourth-order valence-corrected chi connectivity index (χ4v) is 3.48. The Bertz CT molecular complexity index is 1100. The lowest BCUT2D eigenvalue weighted by Gasteiger charge is -2.08. The van der Waals surface area contributed by atoms with E-state index in [1.807, 2.05) is 53.2 Å². The molecule has 1 N–H and O–H groups in total. The van der Waals surface area contributed by atoms with Crippen molar-refractivity contribution in [1.29, 1.82) is 0 Å². The maximum absolute atomic E-state index is 12.6. The second kappa shape index (κ2) is 6.49. The number of hydrogen-bond acceptors (Lipinski definition) is 4. The van der Waals surface area contributed by atoms with Gasteiger partial charge in [-0.3, -0.25) is 4.72 Å². The van der Waals surface area contributed by atoms with Crippen LogP contribution < -0.4 is 4.72 Å². The first-order valence-corrected chi connectivity index (χ1v) is 9.31. The average Bonchev–Trinajstić information content (AvgIpc) is 3.35. The minimum atomic E-state index is -3.72. The fraction of sp³-hybridized carbons (Fsp3) is 0. The number of rotatable bonds is 5. The molecule has 8 heteroatoms. The summed E-state index contributed by atoms with van der Waals surface area (Å²) in [7, 11) is -3.72. The van der Waals surface area contributed by atoms with Crippen LogP contribution in [0.2, 0.25) is 0 Å². The second-order valence-electron chi connectivity index (χ2n) is 5.58. The van der Waals surface area contributed by atoms with E-state index in [0.29, 0.717) is 5.69 Å². The summed E-state index contributed by atoms with van der Waals surface area (Å²) in [5, 5.41) is 4.13. The quantitative estimate of drug-likeness (QED) is 0.590. The molecule has 0 saturated heterocycles. The topological polar surface area (TPSA) is 81.8 Å². The number of sulfonamides is 1. The van der Waals surface area contributed by atoms with Crippen LogP contribution in [-0.4, -0.2) is 27.7 Å². The summed E-state index contributed by atoms with van der Waals surface area (Å²) in [6.07, 6.45) is 7.99. The number of anilines is 1. The highest BCUT2D eigenvalue weighted by molar-refractivity contribution is 7.92. The molecule has 0 saturated carbocycles. The lowest BCUT2D eigenvalue weighted by atomic mass is 10.3. The van der Waals surface area contributed by atoms with E-state index in [9.17, 15) is 8.42 Å². The van der Waals surface area contributed by atoms with Crippen molar-refractivity contribution in [3.05, 3.63) is 85.7 Å². The van der Waals surface area contributed by atoms with Gasteiger partial charge in [0.15, 0.2) is 0 Å². The molecule has 4 aromatic rings. The average molecular weight is 365 g/mol. The zero-order chi connectivity index (χ0) is 18.0. The molecule has 130 valence electrons. The molecule has 0 spiro atoms. The van der Waals surface area contributed by atoms with Crippen LogP contribution in [0.15, 0.2) is 90.6 Å². The highest BCUT2D eigenvalue weighted by Crippen LogP contribution is 2.18. The van der Waals surface area contributed by atoms with E-state index in [1.165, 1.54) is 17.1 Å². The lowest BCUT2D eigenvalue weighted by molar-refractivity contribution is 0.601. The number of imidazole rings is 1. The van der Waals surface area contributed by atoms with Gasteiger partial charge in [0.05, 0.1) is 24.4 Å². The molecule has 0 bridgehead atoms. The number of benzene rings is 2. The van der Waals surface area contributed by atoms with Crippen molar-refractivity contribution >= 4 is 15.7 Å². The smallest absolute Gasteiger partial charge is 0.265 e. The van der Waals surface area contributed by atoms with Gasteiger partial charge in [-0.25, -0.2) is 18.1 Å². The van der Waals surface area contributed by atoms with E-state index in [4.69, 9.17) is 0 Å². The molecule has 0 atom stereocenters. The van der Waals surface area contributed by atoms with Crippen LogP contribution in [0.25, 0.3) is 11.4 Å². The maximum Gasteiger partial charge on any atom is 0.265 e. The Morgan fingerprint density at radius 2 is 1.69 bits per heavy atom. The zero-order valence-corrected chi connectivity index (χ0v) is 14.4. The highest BCUT2D eigenvalue weighted by Gasteiger charge is 2.17. The van der Waals surface area contributed by atoms with E-state index in [1.54, 1.807) is 24.7 Å². The summed E-state index contributed by atoms with van der Waals surface area (Å²) >= 11 is 0. The van der Waals surface area contributed by atoms with E-state index in [-0.39, 0.29) is 4.90 Å². The summed E-state index contributed by atoms with van der Waals surface area (Å²) in [5.74, 6) is 0. The summed E-state index contributed by atoms with van der Waals surface area (Å²) in [4.78, 5) is 4.09. The van der Waals surface area contributed by atoms with Crippen LogP contribution in [0.3, 0.4) is 0 Å². The monoisotopic (exact) mass is 365 g/mol. The molecule has 26 heavy (non-hydrogen) atoms.